The van der Waals surface area contributed by atoms with Crippen LogP contribution in [0.15, 0.2) is 6.07 Å². The van der Waals surface area contributed by atoms with E-state index in [-0.39, 0.29) is 5.97 Å². The Morgan fingerprint density at radius 1 is 1.62 bits per heavy atom. The molecule has 3 heteroatoms. The van der Waals surface area contributed by atoms with Crippen LogP contribution in [0.5, 0.6) is 0 Å². The number of esters is 1. The van der Waals surface area contributed by atoms with Crippen molar-refractivity contribution in [2.75, 3.05) is 7.11 Å². The van der Waals surface area contributed by atoms with Gasteiger partial charge in [0.2, 0.25) is 0 Å². The van der Waals surface area contributed by atoms with Crippen molar-refractivity contribution in [2.24, 2.45) is 0 Å². The molecule has 0 spiro atoms. The van der Waals surface area contributed by atoms with E-state index in [1.165, 1.54) is 7.11 Å². The maximum atomic E-state index is 11.4. The SMILES string of the molecule is COC(=O)c1cc(C)n2c1CCC2. The standard InChI is InChI=1S/C10H13NO2/c1-7-6-8(10(12)13-2)9-4-3-5-11(7)9/h6H,3-5H2,1-2H3. The van der Waals surface area contributed by atoms with Crippen LogP contribution in [0.4, 0.5) is 0 Å². The highest BCUT2D eigenvalue weighted by Gasteiger charge is 2.22. The van der Waals surface area contributed by atoms with Gasteiger partial charge in [-0.05, 0) is 25.8 Å². The summed E-state index contributed by atoms with van der Waals surface area (Å²) in [5, 5.41) is 0. The predicted molar refractivity (Wildman–Crippen MR) is 48.8 cm³/mol. The van der Waals surface area contributed by atoms with Crippen molar-refractivity contribution in [1.82, 2.24) is 4.57 Å². The van der Waals surface area contributed by atoms with Crippen LogP contribution in [0.1, 0.15) is 28.2 Å². The van der Waals surface area contributed by atoms with Crippen molar-refractivity contribution in [2.45, 2.75) is 26.3 Å². The summed E-state index contributed by atoms with van der Waals surface area (Å²) in [4.78, 5) is 11.4. The van der Waals surface area contributed by atoms with Gasteiger partial charge in [-0.2, -0.15) is 0 Å². The summed E-state index contributed by atoms with van der Waals surface area (Å²) in [6.07, 6.45) is 2.14. The summed E-state index contributed by atoms with van der Waals surface area (Å²) in [6.45, 7) is 3.07. The number of hydrogen-bond acceptors (Lipinski definition) is 2. The molecule has 2 heterocycles. The van der Waals surface area contributed by atoms with Crippen molar-refractivity contribution >= 4 is 5.97 Å². The molecule has 0 saturated carbocycles. The number of hydrogen-bond donors (Lipinski definition) is 0. The molecule has 0 bridgehead atoms. The first-order chi connectivity index (χ1) is 6.24. The van der Waals surface area contributed by atoms with Gasteiger partial charge < -0.3 is 9.30 Å². The highest BCUT2D eigenvalue weighted by atomic mass is 16.5. The van der Waals surface area contributed by atoms with Crippen molar-refractivity contribution in [3.05, 3.63) is 23.0 Å². The molecule has 0 aromatic carbocycles. The van der Waals surface area contributed by atoms with E-state index in [1.54, 1.807) is 0 Å². The van der Waals surface area contributed by atoms with Crippen LogP contribution >= 0.6 is 0 Å². The third-order valence-electron chi connectivity index (χ3n) is 2.62. The molecule has 0 atom stereocenters. The molecule has 0 amide bonds. The molecule has 0 radical (unpaired) electrons. The van der Waals surface area contributed by atoms with Gasteiger partial charge in [0.1, 0.15) is 0 Å². The Morgan fingerprint density at radius 2 is 2.38 bits per heavy atom. The second kappa shape index (κ2) is 2.91. The molecule has 3 nitrogen and oxygen atoms in total. The molecule has 13 heavy (non-hydrogen) atoms. The number of carbonyl (C=O) groups is 1. The van der Waals surface area contributed by atoms with Crippen LogP contribution in [-0.4, -0.2) is 17.6 Å². The van der Waals surface area contributed by atoms with E-state index in [0.717, 1.165) is 36.3 Å². The van der Waals surface area contributed by atoms with E-state index in [1.807, 2.05) is 13.0 Å². The molecule has 0 unspecified atom stereocenters. The molecule has 0 saturated heterocycles. The number of fused-ring (bicyclic) bond motifs is 1. The first kappa shape index (κ1) is 8.35. The van der Waals surface area contributed by atoms with E-state index in [4.69, 9.17) is 4.74 Å². The van der Waals surface area contributed by atoms with Crippen molar-refractivity contribution in [3.8, 4) is 0 Å². The Kier molecular flexibility index (Phi) is 1.87. The van der Waals surface area contributed by atoms with Gasteiger partial charge >= 0.3 is 5.97 Å². The van der Waals surface area contributed by atoms with Crippen LogP contribution < -0.4 is 0 Å². The van der Waals surface area contributed by atoms with E-state index in [2.05, 4.69) is 4.57 Å². The second-order valence-corrected chi connectivity index (χ2v) is 3.39. The molecule has 70 valence electrons. The van der Waals surface area contributed by atoms with E-state index >= 15 is 0 Å². The van der Waals surface area contributed by atoms with Gasteiger partial charge in [0, 0.05) is 17.9 Å². The van der Waals surface area contributed by atoms with Gasteiger partial charge in [0.25, 0.3) is 0 Å². The first-order valence-corrected chi connectivity index (χ1v) is 4.51. The Labute approximate surface area is 77.3 Å². The minimum Gasteiger partial charge on any atom is -0.465 e. The average molecular weight is 179 g/mol. The summed E-state index contributed by atoms with van der Waals surface area (Å²) >= 11 is 0. The third-order valence-corrected chi connectivity index (χ3v) is 2.62. The number of aromatic nitrogens is 1. The maximum Gasteiger partial charge on any atom is 0.339 e. The van der Waals surface area contributed by atoms with Crippen molar-refractivity contribution < 1.29 is 9.53 Å². The van der Waals surface area contributed by atoms with Crippen molar-refractivity contribution in [1.29, 1.82) is 0 Å². The zero-order chi connectivity index (χ0) is 9.42. The lowest BCUT2D eigenvalue weighted by molar-refractivity contribution is 0.0599. The number of aryl methyl sites for hydroxylation is 1. The number of ether oxygens (including phenoxy) is 1. The fourth-order valence-electron chi connectivity index (χ4n) is 2.00. The second-order valence-electron chi connectivity index (χ2n) is 3.39. The summed E-state index contributed by atoms with van der Waals surface area (Å²) in [5.74, 6) is -0.209. The summed E-state index contributed by atoms with van der Waals surface area (Å²) in [5.41, 5.74) is 3.05. The Bertz CT molecular complexity index is 352. The lowest BCUT2D eigenvalue weighted by Crippen LogP contribution is -2.03. The fraction of sp³-hybridized carbons (Fsp3) is 0.500. The summed E-state index contributed by atoms with van der Waals surface area (Å²) in [7, 11) is 1.43. The first-order valence-electron chi connectivity index (χ1n) is 4.51. The quantitative estimate of drug-likeness (QED) is 0.612. The minimum absolute atomic E-state index is 0.209. The summed E-state index contributed by atoms with van der Waals surface area (Å²) in [6, 6.07) is 1.92. The highest BCUT2D eigenvalue weighted by Crippen LogP contribution is 2.24. The van der Waals surface area contributed by atoms with E-state index in [0.29, 0.717) is 0 Å². The monoisotopic (exact) mass is 179 g/mol. The van der Waals surface area contributed by atoms with Crippen LogP contribution in [0.3, 0.4) is 0 Å². The molecule has 1 aromatic heterocycles. The van der Waals surface area contributed by atoms with Gasteiger partial charge in [-0.25, -0.2) is 4.79 Å². The molecular weight excluding hydrogens is 166 g/mol. The van der Waals surface area contributed by atoms with Gasteiger partial charge in [-0.15, -0.1) is 0 Å². The lowest BCUT2D eigenvalue weighted by Gasteiger charge is -1.99. The average Bonchev–Trinajstić information content (AvgIpc) is 2.68. The smallest absolute Gasteiger partial charge is 0.339 e. The molecule has 1 aromatic rings. The maximum absolute atomic E-state index is 11.4. The molecule has 1 aliphatic rings. The fourth-order valence-corrected chi connectivity index (χ4v) is 2.00. The Balaban J connectivity index is 2.48. The zero-order valence-electron chi connectivity index (χ0n) is 7.96. The minimum atomic E-state index is -0.209. The Hall–Kier alpha value is -1.25. The van der Waals surface area contributed by atoms with Crippen LogP contribution in [-0.2, 0) is 17.7 Å². The highest BCUT2D eigenvalue weighted by molar-refractivity contribution is 5.91. The van der Waals surface area contributed by atoms with Crippen LogP contribution in [0.25, 0.3) is 0 Å². The van der Waals surface area contributed by atoms with E-state index < -0.39 is 0 Å². The lowest BCUT2D eigenvalue weighted by atomic mass is 10.2. The number of nitrogens with zero attached hydrogens (tertiary/aromatic N) is 1. The predicted octanol–water partition coefficient (Wildman–Crippen LogP) is 1.53. The van der Waals surface area contributed by atoms with Crippen LogP contribution in [0.2, 0.25) is 0 Å². The number of carbonyl (C=O) groups excluding carboxylic acids is 1. The van der Waals surface area contributed by atoms with Gasteiger partial charge in [0.05, 0.1) is 12.7 Å². The summed E-state index contributed by atoms with van der Waals surface area (Å²) < 4.78 is 6.92. The molecule has 1 aliphatic heterocycles. The molecule has 0 fully saturated rings. The van der Waals surface area contributed by atoms with Gasteiger partial charge in [-0.3, -0.25) is 0 Å². The van der Waals surface area contributed by atoms with Gasteiger partial charge in [0.15, 0.2) is 0 Å². The van der Waals surface area contributed by atoms with Crippen molar-refractivity contribution in [3.63, 3.8) is 0 Å². The molecule has 0 aliphatic carbocycles. The van der Waals surface area contributed by atoms with E-state index in [9.17, 15) is 4.79 Å². The third kappa shape index (κ3) is 1.15. The number of methoxy groups -OCH3 is 1. The molecule has 0 N–H and O–H groups in total. The number of rotatable bonds is 1. The molecule has 2 rings (SSSR count). The van der Waals surface area contributed by atoms with Gasteiger partial charge in [-0.1, -0.05) is 0 Å². The van der Waals surface area contributed by atoms with Crippen LogP contribution in [0, 0.1) is 6.92 Å². The largest absolute Gasteiger partial charge is 0.465 e. The molecular formula is C10H13NO2. The zero-order valence-corrected chi connectivity index (χ0v) is 7.96. The Morgan fingerprint density at radius 3 is 3.08 bits per heavy atom. The normalized spacial score (nSPS) is 14.3. The topological polar surface area (TPSA) is 31.2 Å².